The lowest BCUT2D eigenvalue weighted by molar-refractivity contribution is 0.414. The van der Waals surface area contributed by atoms with Gasteiger partial charge in [0.15, 0.2) is 5.65 Å². The van der Waals surface area contributed by atoms with E-state index in [1.807, 2.05) is 28.8 Å². The summed E-state index contributed by atoms with van der Waals surface area (Å²) in [6.45, 7) is 0.440. The number of nitrogens with two attached hydrogens (primary N) is 1. The average Bonchev–Trinajstić information content (AvgIpc) is 3.23. The van der Waals surface area contributed by atoms with E-state index >= 15 is 0 Å². The third-order valence-electron chi connectivity index (χ3n) is 4.91. The molecule has 3 aromatic rings. The average molecular weight is 339 g/mol. The zero-order valence-corrected chi connectivity index (χ0v) is 14.2. The van der Waals surface area contributed by atoms with Crippen LogP contribution in [0.25, 0.3) is 11.2 Å². The Morgan fingerprint density at radius 1 is 1.24 bits per heavy atom. The first-order valence-electron chi connectivity index (χ1n) is 8.53. The van der Waals surface area contributed by atoms with Crippen LogP contribution in [0.4, 0.5) is 5.95 Å². The van der Waals surface area contributed by atoms with Crippen molar-refractivity contribution in [2.24, 2.45) is 0 Å². The number of nitrogens with zero attached hydrogens (tertiary/aromatic N) is 4. The lowest BCUT2D eigenvalue weighted by atomic mass is 10.2. The molecule has 1 aliphatic carbocycles. The molecule has 1 aromatic carbocycles. The monoisotopic (exact) mass is 339 g/mol. The first-order chi connectivity index (χ1) is 12.2. The normalized spacial score (nSPS) is 15.1. The number of hydrogen-bond donors (Lipinski definition) is 1. The van der Waals surface area contributed by atoms with Gasteiger partial charge in [0.2, 0.25) is 5.95 Å². The Balaban J connectivity index is 1.82. The van der Waals surface area contributed by atoms with Crippen molar-refractivity contribution in [3.63, 3.8) is 0 Å². The third kappa shape index (κ3) is 2.75. The van der Waals surface area contributed by atoms with Crippen LogP contribution >= 0.6 is 0 Å². The van der Waals surface area contributed by atoms with E-state index in [0.29, 0.717) is 12.2 Å². The largest absolute Gasteiger partial charge is 0.497 e. The fraction of sp³-hybridized carbons (Fsp3) is 0.389. The quantitative estimate of drug-likeness (QED) is 0.788. The molecular formula is C18H21N5O2. The molecule has 7 nitrogen and oxygen atoms in total. The van der Waals surface area contributed by atoms with E-state index in [1.54, 1.807) is 17.9 Å². The molecule has 4 rings (SSSR count). The minimum absolute atomic E-state index is 0.0439. The number of hydrogen-bond acceptors (Lipinski definition) is 5. The van der Waals surface area contributed by atoms with Gasteiger partial charge in [-0.1, -0.05) is 25.0 Å². The first-order valence-corrected chi connectivity index (χ1v) is 8.53. The van der Waals surface area contributed by atoms with E-state index in [4.69, 9.17) is 10.5 Å². The maximum atomic E-state index is 13.1. The van der Waals surface area contributed by atoms with Crippen molar-refractivity contribution in [2.75, 3.05) is 12.8 Å². The van der Waals surface area contributed by atoms with Crippen molar-refractivity contribution in [1.29, 1.82) is 0 Å². The first kappa shape index (κ1) is 15.7. The molecule has 0 atom stereocenters. The second kappa shape index (κ2) is 6.23. The van der Waals surface area contributed by atoms with Gasteiger partial charge in [0.05, 0.1) is 19.9 Å². The van der Waals surface area contributed by atoms with Crippen molar-refractivity contribution in [2.45, 2.75) is 38.3 Å². The van der Waals surface area contributed by atoms with Crippen LogP contribution in [0.2, 0.25) is 0 Å². The SMILES string of the molecule is COc1ccc(Cn2c(=O)n(C3CCCC3)c3cnc(N)nc32)cc1. The summed E-state index contributed by atoms with van der Waals surface area (Å²) in [7, 11) is 1.63. The Labute approximate surface area is 145 Å². The molecule has 130 valence electrons. The molecule has 1 aliphatic rings. The van der Waals surface area contributed by atoms with Crippen LogP contribution in [-0.4, -0.2) is 26.2 Å². The number of methoxy groups -OCH3 is 1. The second-order valence-electron chi connectivity index (χ2n) is 6.46. The Morgan fingerprint density at radius 2 is 1.96 bits per heavy atom. The molecule has 25 heavy (non-hydrogen) atoms. The Hall–Kier alpha value is -2.83. The minimum Gasteiger partial charge on any atom is -0.497 e. The summed E-state index contributed by atoms with van der Waals surface area (Å²) in [4.78, 5) is 21.5. The number of anilines is 1. The lowest BCUT2D eigenvalue weighted by Gasteiger charge is -2.10. The van der Waals surface area contributed by atoms with Crippen LogP contribution in [0.1, 0.15) is 37.3 Å². The predicted molar refractivity (Wildman–Crippen MR) is 95.8 cm³/mol. The van der Waals surface area contributed by atoms with Gasteiger partial charge in [0.1, 0.15) is 11.3 Å². The fourth-order valence-electron chi connectivity index (χ4n) is 3.64. The zero-order chi connectivity index (χ0) is 17.4. The van der Waals surface area contributed by atoms with Crippen molar-refractivity contribution in [1.82, 2.24) is 19.1 Å². The van der Waals surface area contributed by atoms with Crippen LogP contribution < -0.4 is 16.2 Å². The molecule has 2 N–H and O–H groups in total. The second-order valence-corrected chi connectivity index (χ2v) is 6.46. The lowest BCUT2D eigenvalue weighted by Crippen LogP contribution is -2.27. The molecular weight excluding hydrogens is 318 g/mol. The molecule has 1 fully saturated rings. The van der Waals surface area contributed by atoms with Crippen LogP contribution in [0, 0.1) is 0 Å². The smallest absolute Gasteiger partial charge is 0.330 e. The van der Waals surface area contributed by atoms with Gasteiger partial charge in [-0.15, -0.1) is 0 Å². The van der Waals surface area contributed by atoms with Gasteiger partial charge in [0, 0.05) is 6.04 Å². The van der Waals surface area contributed by atoms with Crippen molar-refractivity contribution >= 4 is 17.1 Å². The highest BCUT2D eigenvalue weighted by molar-refractivity contribution is 5.72. The van der Waals surface area contributed by atoms with Crippen molar-refractivity contribution in [3.8, 4) is 5.75 Å². The number of imidazole rings is 1. The molecule has 2 aromatic heterocycles. The summed E-state index contributed by atoms with van der Waals surface area (Å²) in [5.41, 5.74) is 8.10. The van der Waals surface area contributed by atoms with E-state index in [2.05, 4.69) is 9.97 Å². The summed E-state index contributed by atoms with van der Waals surface area (Å²) in [6, 6.07) is 7.91. The fourth-order valence-corrected chi connectivity index (χ4v) is 3.64. The highest BCUT2D eigenvalue weighted by atomic mass is 16.5. The van der Waals surface area contributed by atoms with E-state index in [9.17, 15) is 4.79 Å². The molecule has 0 amide bonds. The number of aromatic nitrogens is 4. The predicted octanol–water partition coefficient (Wildman–Crippen LogP) is 2.35. The van der Waals surface area contributed by atoms with Crippen molar-refractivity contribution < 1.29 is 4.74 Å². The summed E-state index contributed by atoms with van der Waals surface area (Å²) in [6.07, 6.45) is 6.01. The van der Waals surface area contributed by atoms with Gasteiger partial charge < -0.3 is 10.5 Å². The van der Waals surface area contributed by atoms with Gasteiger partial charge in [-0.25, -0.2) is 9.78 Å². The van der Waals surface area contributed by atoms with Crippen LogP contribution in [-0.2, 0) is 6.54 Å². The number of fused-ring (bicyclic) bond motifs is 1. The summed E-state index contributed by atoms with van der Waals surface area (Å²) in [5, 5.41) is 0. The Morgan fingerprint density at radius 3 is 2.64 bits per heavy atom. The molecule has 1 saturated carbocycles. The Kier molecular flexibility index (Phi) is 3.91. The van der Waals surface area contributed by atoms with Gasteiger partial charge in [-0.05, 0) is 30.5 Å². The van der Waals surface area contributed by atoms with Gasteiger partial charge in [-0.2, -0.15) is 4.98 Å². The summed E-state index contributed by atoms with van der Waals surface area (Å²) in [5.74, 6) is 0.968. The molecule has 0 unspecified atom stereocenters. The Bertz CT molecular complexity index is 952. The number of ether oxygens (including phenoxy) is 1. The highest BCUT2D eigenvalue weighted by Gasteiger charge is 2.24. The summed E-state index contributed by atoms with van der Waals surface area (Å²) < 4.78 is 8.73. The van der Waals surface area contributed by atoms with E-state index in [0.717, 1.165) is 42.5 Å². The van der Waals surface area contributed by atoms with Crippen LogP contribution in [0.5, 0.6) is 5.75 Å². The minimum atomic E-state index is -0.0439. The zero-order valence-electron chi connectivity index (χ0n) is 14.2. The molecule has 0 aliphatic heterocycles. The van der Waals surface area contributed by atoms with E-state index in [-0.39, 0.29) is 17.7 Å². The third-order valence-corrected chi connectivity index (χ3v) is 4.91. The number of rotatable bonds is 4. The van der Waals surface area contributed by atoms with E-state index in [1.165, 1.54) is 0 Å². The molecule has 0 bridgehead atoms. The van der Waals surface area contributed by atoms with Gasteiger partial charge in [-0.3, -0.25) is 9.13 Å². The number of nitrogen functional groups attached to an aromatic ring is 1. The number of benzene rings is 1. The maximum absolute atomic E-state index is 13.1. The van der Waals surface area contributed by atoms with Crippen molar-refractivity contribution in [3.05, 3.63) is 46.5 Å². The molecule has 0 spiro atoms. The molecule has 7 heteroatoms. The standard InChI is InChI=1S/C18H21N5O2/c1-25-14-8-6-12(7-9-14)11-22-16-15(10-20-17(19)21-16)23(18(22)24)13-4-2-3-5-13/h6-10,13H,2-5,11H2,1H3,(H2,19,20,21). The van der Waals surface area contributed by atoms with Crippen LogP contribution in [0.15, 0.2) is 35.3 Å². The van der Waals surface area contributed by atoms with Gasteiger partial charge >= 0.3 is 5.69 Å². The molecule has 0 radical (unpaired) electrons. The summed E-state index contributed by atoms with van der Waals surface area (Å²) >= 11 is 0. The van der Waals surface area contributed by atoms with Gasteiger partial charge in [0.25, 0.3) is 0 Å². The topological polar surface area (TPSA) is 88.0 Å². The maximum Gasteiger partial charge on any atom is 0.330 e. The highest BCUT2D eigenvalue weighted by Crippen LogP contribution is 2.31. The van der Waals surface area contributed by atoms with E-state index < -0.39 is 0 Å². The molecule has 0 saturated heterocycles. The van der Waals surface area contributed by atoms with Crippen LogP contribution in [0.3, 0.4) is 0 Å². The molecule has 2 heterocycles.